The molecular weight excluding hydrogens is 344 g/mol. The van der Waals surface area contributed by atoms with Crippen LogP contribution in [0.2, 0.25) is 0 Å². The molecule has 0 N–H and O–H groups in total. The molecule has 0 aliphatic rings. The van der Waals surface area contributed by atoms with E-state index in [0.717, 1.165) is 11.3 Å². The highest BCUT2D eigenvalue weighted by molar-refractivity contribution is 5.89. The lowest BCUT2D eigenvalue weighted by Gasteiger charge is -2.07. The van der Waals surface area contributed by atoms with Crippen LogP contribution in [0.5, 0.6) is 11.5 Å². The van der Waals surface area contributed by atoms with Crippen molar-refractivity contribution in [3.05, 3.63) is 70.9 Å². The molecule has 5 heteroatoms. The molecule has 0 unspecified atom stereocenters. The summed E-state index contributed by atoms with van der Waals surface area (Å²) in [4.78, 5) is 24.0. The lowest BCUT2D eigenvalue weighted by atomic mass is 10.1. The molecule has 0 bridgehead atoms. The number of methoxy groups -OCH3 is 1. The molecule has 1 heterocycles. The Hall–Kier alpha value is -3.34. The van der Waals surface area contributed by atoms with Crippen LogP contribution in [0.15, 0.2) is 69.9 Å². The maximum atomic E-state index is 12.4. The number of carbonyl (C=O) groups is 1. The smallest absolute Gasteiger partial charge is 0.338 e. The largest absolute Gasteiger partial charge is 0.497 e. The fraction of sp³-hybridized carbons (Fsp3) is 0.182. The number of ether oxygens (including phenoxy) is 2. The van der Waals surface area contributed by atoms with Gasteiger partial charge in [-0.2, -0.15) is 0 Å². The van der Waals surface area contributed by atoms with Crippen LogP contribution in [0.3, 0.4) is 0 Å². The van der Waals surface area contributed by atoms with Gasteiger partial charge in [0.2, 0.25) is 0 Å². The zero-order chi connectivity index (χ0) is 20.0. The van der Waals surface area contributed by atoms with Crippen molar-refractivity contribution >= 4 is 16.9 Å². The fourth-order valence-corrected chi connectivity index (χ4v) is 2.29. The summed E-state index contributed by atoms with van der Waals surface area (Å²) in [5, 5.41) is 0.337. The molecule has 0 saturated carbocycles. The molecule has 3 aromatic rings. The van der Waals surface area contributed by atoms with Gasteiger partial charge in [0.25, 0.3) is 0 Å². The number of esters is 1. The van der Waals surface area contributed by atoms with Gasteiger partial charge < -0.3 is 13.9 Å². The fourth-order valence-electron chi connectivity index (χ4n) is 2.29. The van der Waals surface area contributed by atoms with Crippen molar-refractivity contribution in [1.29, 1.82) is 0 Å². The highest BCUT2D eigenvalue weighted by Crippen LogP contribution is 2.26. The van der Waals surface area contributed by atoms with E-state index in [2.05, 4.69) is 6.58 Å². The number of benzene rings is 2. The first-order valence-electron chi connectivity index (χ1n) is 8.58. The molecule has 2 aromatic carbocycles. The topological polar surface area (TPSA) is 65.7 Å². The van der Waals surface area contributed by atoms with Crippen molar-refractivity contribution in [2.24, 2.45) is 0 Å². The zero-order valence-electron chi connectivity index (χ0n) is 15.9. The highest BCUT2D eigenvalue weighted by Gasteiger charge is 2.11. The van der Waals surface area contributed by atoms with E-state index in [4.69, 9.17) is 13.9 Å². The predicted octanol–water partition coefficient (Wildman–Crippen LogP) is 4.98. The zero-order valence-corrected chi connectivity index (χ0v) is 15.9. The van der Waals surface area contributed by atoms with Crippen LogP contribution < -0.4 is 14.9 Å². The van der Waals surface area contributed by atoms with Gasteiger partial charge in [0, 0.05) is 17.2 Å². The molecule has 0 fully saturated rings. The summed E-state index contributed by atoms with van der Waals surface area (Å²) in [6, 6.07) is 13.3. The first-order valence-corrected chi connectivity index (χ1v) is 8.58. The van der Waals surface area contributed by atoms with E-state index in [1.54, 1.807) is 38.3 Å². The average molecular weight is 366 g/mol. The van der Waals surface area contributed by atoms with Gasteiger partial charge in [-0.1, -0.05) is 20.4 Å². The minimum absolute atomic E-state index is 0.222. The Balaban J connectivity index is 0.00000126. The van der Waals surface area contributed by atoms with Crippen molar-refractivity contribution in [2.45, 2.75) is 20.8 Å². The third-order valence-corrected chi connectivity index (χ3v) is 3.63. The summed E-state index contributed by atoms with van der Waals surface area (Å²) in [7, 11) is 1.59. The summed E-state index contributed by atoms with van der Waals surface area (Å²) in [5.74, 6) is 0.895. The minimum atomic E-state index is -0.543. The number of fused-ring (bicyclic) bond motifs is 1. The van der Waals surface area contributed by atoms with E-state index in [9.17, 15) is 9.59 Å². The summed E-state index contributed by atoms with van der Waals surface area (Å²) in [6.45, 7) is 9.08. The van der Waals surface area contributed by atoms with Gasteiger partial charge in [-0.3, -0.25) is 4.79 Å². The lowest BCUT2D eigenvalue weighted by Crippen LogP contribution is -2.08. The second-order valence-corrected chi connectivity index (χ2v) is 5.53. The van der Waals surface area contributed by atoms with E-state index < -0.39 is 5.97 Å². The molecule has 5 nitrogen and oxygen atoms in total. The van der Waals surface area contributed by atoms with Gasteiger partial charge in [0.05, 0.1) is 12.5 Å². The highest BCUT2D eigenvalue weighted by atomic mass is 16.5. The van der Waals surface area contributed by atoms with Crippen molar-refractivity contribution in [3.63, 3.8) is 0 Å². The molecule has 0 saturated heterocycles. The third kappa shape index (κ3) is 4.64. The van der Waals surface area contributed by atoms with E-state index in [0.29, 0.717) is 16.7 Å². The average Bonchev–Trinajstić information content (AvgIpc) is 2.69. The van der Waals surface area contributed by atoms with E-state index >= 15 is 0 Å². The number of hydrogen-bond acceptors (Lipinski definition) is 5. The standard InChI is InChI=1S/C20H16O5.C2H6/c1-12(2)20(22)24-15-8-9-18-16(10-15)17(21)11-19(25-18)13-4-6-14(23-3)7-5-13;1-2/h4-11H,1H2,2-3H3;1-2H3. The van der Waals surface area contributed by atoms with E-state index in [1.807, 2.05) is 26.0 Å². The second-order valence-electron chi connectivity index (χ2n) is 5.53. The van der Waals surface area contributed by atoms with Crippen molar-refractivity contribution in [1.82, 2.24) is 0 Å². The van der Waals surface area contributed by atoms with Gasteiger partial charge in [-0.15, -0.1) is 0 Å². The maximum Gasteiger partial charge on any atom is 0.338 e. The molecule has 0 aliphatic heterocycles. The SMILES string of the molecule is C=C(C)C(=O)Oc1ccc2oc(-c3ccc(OC)cc3)cc(=O)c2c1.CC. The quantitative estimate of drug-likeness (QED) is 0.370. The molecular formula is C22H22O5. The Bertz CT molecular complexity index is 1010. The van der Waals surface area contributed by atoms with E-state index in [1.165, 1.54) is 12.1 Å². The van der Waals surface area contributed by atoms with Gasteiger partial charge >= 0.3 is 5.97 Å². The van der Waals surface area contributed by atoms with Crippen molar-refractivity contribution in [2.75, 3.05) is 7.11 Å². The maximum absolute atomic E-state index is 12.4. The first kappa shape index (κ1) is 20.0. The third-order valence-electron chi connectivity index (χ3n) is 3.63. The van der Waals surface area contributed by atoms with Crippen LogP contribution >= 0.6 is 0 Å². The molecule has 0 spiro atoms. The molecule has 0 radical (unpaired) electrons. The van der Waals surface area contributed by atoms with Crippen molar-refractivity contribution in [3.8, 4) is 22.8 Å². The predicted molar refractivity (Wildman–Crippen MR) is 106 cm³/mol. The van der Waals surface area contributed by atoms with Crippen LogP contribution in [0.1, 0.15) is 20.8 Å². The Morgan fingerprint density at radius 2 is 1.63 bits per heavy atom. The molecule has 0 aliphatic carbocycles. The summed E-state index contributed by atoms with van der Waals surface area (Å²) in [6.07, 6.45) is 0. The number of hydrogen-bond donors (Lipinski definition) is 0. The molecule has 27 heavy (non-hydrogen) atoms. The first-order chi connectivity index (χ1) is 13.0. The lowest BCUT2D eigenvalue weighted by molar-refractivity contribution is -0.130. The molecule has 1 aromatic heterocycles. The van der Waals surface area contributed by atoms with Crippen LogP contribution in [0.4, 0.5) is 0 Å². The van der Waals surface area contributed by atoms with E-state index in [-0.39, 0.29) is 16.8 Å². The van der Waals surface area contributed by atoms with Crippen LogP contribution in [-0.4, -0.2) is 13.1 Å². The molecule has 140 valence electrons. The second kappa shape index (κ2) is 8.85. The molecule has 0 atom stereocenters. The van der Waals surface area contributed by atoms with Crippen LogP contribution in [0.25, 0.3) is 22.3 Å². The summed E-state index contributed by atoms with van der Waals surface area (Å²) >= 11 is 0. The summed E-state index contributed by atoms with van der Waals surface area (Å²) < 4.78 is 16.1. The summed E-state index contributed by atoms with van der Waals surface area (Å²) in [5.41, 5.74) is 1.23. The van der Waals surface area contributed by atoms with Gasteiger partial charge in [0.15, 0.2) is 5.43 Å². The monoisotopic (exact) mass is 366 g/mol. The van der Waals surface area contributed by atoms with Gasteiger partial charge in [-0.25, -0.2) is 4.79 Å². The molecule has 0 amide bonds. The van der Waals surface area contributed by atoms with Gasteiger partial charge in [-0.05, 0) is 49.4 Å². The van der Waals surface area contributed by atoms with Crippen LogP contribution in [-0.2, 0) is 4.79 Å². The normalized spacial score (nSPS) is 9.93. The van der Waals surface area contributed by atoms with Crippen LogP contribution in [0, 0.1) is 0 Å². The Labute approximate surface area is 157 Å². The van der Waals surface area contributed by atoms with Gasteiger partial charge in [0.1, 0.15) is 22.8 Å². The number of rotatable bonds is 4. The Morgan fingerprint density at radius 1 is 1.00 bits per heavy atom. The minimum Gasteiger partial charge on any atom is -0.497 e. The Kier molecular flexibility index (Phi) is 6.55. The van der Waals surface area contributed by atoms with Crippen molar-refractivity contribution < 1.29 is 18.7 Å². The Morgan fingerprint density at radius 3 is 2.22 bits per heavy atom. The number of carbonyl (C=O) groups excluding carboxylic acids is 1. The molecule has 3 rings (SSSR count).